The van der Waals surface area contributed by atoms with Gasteiger partial charge in [0.1, 0.15) is 5.92 Å². The van der Waals surface area contributed by atoms with Crippen molar-refractivity contribution in [3.05, 3.63) is 28.5 Å². The highest BCUT2D eigenvalue weighted by atomic mass is 32.1. The fourth-order valence-corrected chi connectivity index (χ4v) is 3.42. The molecule has 3 N–H and O–H groups in total. The number of nitrogens with one attached hydrogen (secondary N) is 2. The zero-order chi connectivity index (χ0) is 13.4. The Morgan fingerprint density at radius 1 is 1.68 bits per heavy atom. The number of hydrogen-bond acceptors (Lipinski definition) is 5. The number of thiazole rings is 1. The predicted octanol–water partition coefficient (Wildman–Crippen LogP) is 2.15. The largest absolute Gasteiger partial charge is 0.481 e. The van der Waals surface area contributed by atoms with E-state index in [1.54, 1.807) is 17.5 Å². The van der Waals surface area contributed by atoms with Crippen LogP contribution in [0.1, 0.15) is 41.4 Å². The molecule has 2 unspecified atom stereocenters. The van der Waals surface area contributed by atoms with Gasteiger partial charge in [0.15, 0.2) is 5.13 Å². The zero-order valence-electron chi connectivity index (χ0n) is 10.4. The highest BCUT2D eigenvalue weighted by Gasteiger charge is 2.32. The second-order valence-corrected chi connectivity index (χ2v) is 5.74. The van der Waals surface area contributed by atoms with Gasteiger partial charge in [-0.1, -0.05) is 0 Å². The fourth-order valence-electron chi connectivity index (χ4n) is 2.30. The normalized spacial score (nSPS) is 19.1. The van der Waals surface area contributed by atoms with Crippen LogP contribution >= 0.6 is 11.3 Å². The summed E-state index contributed by atoms with van der Waals surface area (Å²) < 4.78 is 0. The molecular formula is C12H14N4O2S. The maximum atomic E-state index is 11.1. The molecule has 2 atom stereocenters. The van der Waals surface area contributed by atoms with E-state index in [1.807, 2.05) is 13.1 Å². The van der Waals surface area contributed by atoms with Crippen LogP contribution in [0.4, 0.5) is 5.13 Å². The molecule has 0 spiro atoms. The molecule has 0 fully saturated rings. The van der Waals surface area contributed by atoms with Gasteiger partial charge in [-0.2, -0.15) is 5.10 Å². The Morgan fingerprint density at radius 2 is 2.53 bits per heavy atom. The molecule has 0 saturated carbocycles. The van der Waals surface area contributed by atoms with Gasteiger partial charge in [0.25, 0.3) is 0 Å². The zero-order valence-corrected chi connectivity index (χ0v) is 11.2. The standard InChI is InChI=1S/C12H14N4O2S/c1-6(7-4-13-14-5-7)15-12-16-10-8(11(17)18)2-3-9(10)19-12/h4-6,8H,2-3H2,1H3,(H,13,14)(H,15,16)(H,17,18). The molecule has 1 aliphatic carbocycles. The van der Waals surface area contributed by atoms with E-state index in [0.717, 1.165) is 27.7 Å². The van der Waals surface area contributed by atoms with Gasteiger partial charge in [-0.15, -0.1) is 11.3 Å². The number of nitrogens with zero attached hydrogens (tertiary/aromatic N) is 2. The maximum absolute atomic E-state index is 11.1. The van der Waals surface area contributed by atoms with Crippen molar-refractivity contribution in [2.75, 3.05) is 5.32 Å². The minimum atomic E-state index is -0.779. The van der Waals surface area contributed by atoms with Crippen LogP contribution < -0.4 is 5.32 Å². The molecule has 2 aromatic heterocycles. The van der Waals surface area contributed by atoms with E-state index in [2.05, 4.69) is 20.5 Å². The van der Waals surface area contributed by atoms with Crippen molar-refractivity contribution < 1.29 is 9.90 Å². The quantitative estimate of drug-likeness (QED) is 0.797. The number of anilines is 1. The molecular weight excluding hydrogens is 264 g/mol. The van der Waals surface area contributed by atoms with Crippen LogP contribution in [0.5, 0.6) is 0 Å². The fraction of sp³-hybridized carbons (Fsp3) is 0.417. The van der Waals surface area contributed by atoms with E-state index in [4.69, 9.17) is 5.11 Å². The first kappa shape index (κ1) is 12.2. The van der Waals surface area contributed by atoms with Gasteiger partial charge in [-0.3, -0.25) is 9.89 Å². The van der Waals surface area contributed by atoms with Crippen LogP contribution in [-0.4, -0.2) is 26.3 Å². The topological polar surface area (TPSA) is 90.9 Å². The third kappa shape index (κ3) is 2.21. The molecule has 7 heteroatoms. The number of rotatable bonds is 4. The Hall–Kier alpha value is -1.89. The van der Waals surface area contributed by atoms with E-state index < -0.39 is 11.9 Å². The number of aliphatic carboxylic acids is 1. The first-order chi connectivity index (χ1) is 9.15. The van der Waals surface area contributed by atoms with Crippen LogP contribution in [0.2, 0.25) is 0 Å². The summed E-state index contributed by atoms with van der Waals surface area (Å²) >= 11 is 1.55. The minimum Gasteiger partial charge on any atom is -0.481 e. The Labute approximate surface area is 113 Å². The summed E-state index contributed by atoms with van der Waals surface area (Å²) in [4.78, 5) is 16.6. The van der Waals surface area contributed by atoms with Crippen molar-refractivity contribution in [1.82, 2.24) is 15.2 Å². The van der Waals surface area contributed by atoms with Crippen LogP contribution in [0.25, 0.3) is 0 Å². The van der Waals surface area contributed by atoms with Gasteiger partial charge >= 0.3 is 5.97 Å². The lowest BCUT2D eigenvalue weighted by Crippen LogP contribution is -2.10. The number of carbonyl (C=O) groups is 1. The number of aromatic amines is 1. The van der Waals surface area contributed by atoms with Gasteiger partial charge in [-0.05, 0) is 19.8 Å². The van der Waals surface area contributed by atoms with E-state index in [0.29, 0.717) is 6.42 Å². The third-order valence-corrected chi connectivity index (χ3v) is 4.44. The third-order valence-electron chi connectivity index (χ3n) is 3.38. The van der Waals surface area contributed by atoms with Crippen LogP contribution in [-0.2, 0) is 11.2 Å². The molecule has 0 bridgehead atoms. The Balaban J connectivity index is 1.77. The molecule has 2 aromatic rings. The first-order valence-corrected chi connectivity index (χ1v) is 6.94. The molecule has 0 saturated heterocycles. The van der Waals surface area contributed by atoms with E-state index in [1.165, 1.54) is 0 Å². The summed E-state index contributed by atoms with van der Waals surface area (Å²) in [5, 5.41) is 19.9. The summed E-state index contributed by atoms with van der Waals surface area (Å²) in [6, 6.07) is 0.0910. The molecule has 0 aliphatic heterocycles. The number of aryl methyl sites for hydroxylation is 1. The van der Waals surface area contributed by atoms with Gasteiger partial charge in [0, 0.05) is 16.6 Å². The number of H-pyrrole nitrogens is 1. The monoisotopic (exact) mass is 278 g/mol. The average Bonchev–Trinajstić information content (AvgIpc) is 3.03. The Kier molecular flexibility index (Phi) is 2.98. The summed E-state index contributed by atoms with van der Waals surface area (Å²) in [6.07, 6.45) is 5.07. The summed E-state index contributed by atoms with van der Waals surface area (Å²) in [6.45, 7) is 2.02. The second kappa shape index (κ2) is 4.65. The molecule has 19 heavy (non-hydrogen) atoms. The van der Waals surface area contributed by atoms with Gasteiger partial charge in [0.05, 0.1) is 17.9 Å². The van der Waals surface area contributed by atoms with E-state index in [9.17, 15) is 4.79 Å². The lowest BCUT2D eigenvalue weighted by Gasteiger charge is -2.10. The number of aromatic nitrogens is 3. The van der Waals surface area contributed by atoms with Crippen molar-refractivity contribution >= 4 is 22.4 Å². The van der Waals surface area contributed by atoms with Crippen molar-refractivity contribution in [3.8, 4) is 0 Å². The summed E-state index contributed by atoms with van der Waals surface area (Å²) in [5.74, 6) is -1.22. The second-order valence-electron chi connectivity index (χ2n) is 4.65. The smallest absolute Gasteiger partial charge is 0.312 e. The van der Waals surface area contributed by atoms with E-state index in [-0.39, 0.29) is 6.04 Å². The van der Waals surface area contributed by atoms with Gasteiger partial charge < -0.3 is 10.4 Å². The van der Waals surface area contributed by atoms with Crippen molar-refractivity contribution in [3.63, 3.8) is 0 Å². The highest BCUT2D eigenvalue weighted by molar-refractivity contribution is 7.15. The van der Waals surface area contributed by atoms with Crippen LogP contribution in [0.3, 0.4) is 0 Å². The molecule has 100 valence electrons. The first-order valence-electron chi connectivity index (χ1n) is 6.12. The van der Waals surface area contributed by atoms with Crippen molar-refractivity contribution in [1.29, 1.82) is 0 Å². The molecule has 2 heterocycles. The minimum absolute atomic E-state index is 0.0910. The number of carboxylic acid groups (broad SMARTS) is 1. The molecule has 6 nitrogen and oxygen atoms in total. The summed E-state index contributed by atoms with van der Waals surface area (Å²) in [5.41, 5.74) is 1.78. The highest BCUT2D eigenvalue weighted by Crippen LogP contribution is 2.39. The lowest BCUT2D eigenvalue weighted by atomic mass is 10.1. The van der Waals surface area contributed by atoms with E-state index >= 15 is 0 Å². The van der Waals surface area contributed by atoms with Crippen LogP contribution in [0, 0.1) is 0 Å². The number of carboxylic acids is 1. The predicted molar refractivity (Wildman–Crippen MR) is 71.4 cm³/mol. The maximum Gasteiger partial charge on any atom is 0.312 e. The average molecular weight is 278 g/mol. The molecule has 3 rings (SSSR count). The van der Waals surface area contributed by atoms with Crippen molar-refractivity contribution in [2.45, 2.75) is 31.7 Å². The van der Waals surface area contributed by atoms with Gasteiger partial charge in [0.2, 0.25) is 0 Å². The van der Waals surface area contributed by atoms with Gasteiger partial charge in [-0.25, -0.2) is 4.98 Å². The molecule has 1 aliphatic rings. The summed E-state index contributed by atoms with van der Waals surface area (Å²) in [7, 11) is 0. The Morgan fingerprint density at radius 3 is 3.21 bits per heavy atom. The lowest BCUT2D eigenvalue weighted by molar-refractivity contribution is -0.138. The number of hydrogen-bond donors (Lipinski definition) is 3. The molecule has 0 amide bonds. The Bertz CT molecular complexity index is 593. The number of fused-ring (bicyclic) bond motifs is 1. The van der Waals surface area contributed by atoms with Crippen molar-refractivity contribution in [2.24, 2.45) is 0 Å². The SMILES string of the molecule is CC(Nc1nc2c(s1)CCC2C(=O)O)c1cn[nH]c1. The van der Waals surface area contributed by atoms with Crippen LogP contribution in [0.15, 0.2) is 12.4 Å². The molecule has 0 radical (unpaired) electrons. The molecule has 0 aromatic carbocycles.